The van der Waals surface area contributed by atoms with Crippen molar-refractivity contribution in [1.82, 2.24) is 0 Å². The van der Waals surface area contributed by atoms with Crippen LogP contribution < -0.4 is 0 Å². The van der Waals surface area contributed by atoms with E-state index >= 15 is 0 Å². The summed E-state index contributed by atoms with van der Waals surface area (Å²) in [5.74, 6) is -0.610. The molecule has 3 heteroatoms. The third kappa shape index (κ3) is 2.82. The molecule has 0 N–H and O–H groups in total. The zero-order chi connectivity index (χ0) is 20.0. The van der Waals surface area contributed by atoms with Gasteiger partial charge < -0.3 is 0 Å². The largest absolute Gasteiger partial charge is 0.299 e. The van der Waals surface area contributed by atoms with Crippen molar-refractivity contribution in [2.24, 2.45) is 29.1 Å². The monoisotopic (exact) mass is 386 g/mol. The first-order valence-electron chi connectivity index (χ1n) is 10.8. The molecule has 3 nitrogen and oxygen atoms in total. The third-order valence-corrected chi connectivity index (χ3v) is 7.83. The molecular formula is C26H26O3. The molecule has 4 aliphatic carbocycles. The van der Waals surface area contributed by atoms with E-state index in [0.717, 1.165) is 32.1 Å². The zero-order valence-corrected chi connectivity index (χ0v) is 16.6. The third-order valence-electron chi connectivity index (χ3n) is 7.83. The predicted octanol–water partition coefficient (Wildman–Crippen LogP) is 5.15. The van der Waals surface area contributed by atoms with Crippen molar-refractivity contribution in [3.05, 3.63) is 71.8 Å². The molecule has 4 saturated carbocycles. The van der Waals surface area contributed by atoms with E-state index in [4.69, 9.17) is 0 Å². The topological polar surface area (TPSA) is 51.2 Å². The van der Waals surface area contributed by atoms with Crippen molar-refractivity contribution < 1.29 is 14.4 Å². The van der Waals surface area contributed by atoms with Gasteiger partial charge in [0, 0.05) is 35.3 Å². The number of fused-ring (bicyclic) bond motifs is 2. The van der Waals surface area contributed by atoms with Gasteiger partial charge in [-0.2, -0.15) is 0 Å². The average molecular weight is 386 g/mol. The molecule has 2 bridgehead atoms. The highest BCUT2D eigenvalue weighted by Gasteiger charge is 2.65. The second kappa shape index (κ2) is 7.05. The van der Waals surface area contributed by atoms with Crippen molar-refractivity contribution in [2.45, 2.75) is 38.5 Å². The summed E-state index contributed by atoms with van der Waals surface area (Å²) in [6.45, 7) is 0. The molecule has 0 saturated heterocycles. The van der Waals surface area contributed by atoms with Gasteiger partial charge in [0.15, 0.2) is 11.6 Å². The molecule has 5 atom stereocenters. The maximum absolute atomic E-state index is 13.8. The minimum absolute atomic E-state index is 0.0265. The molecule has 0 aliphatic heterocycles. The Morgan fingerprint density at radius 2 is 1.45 bits per heavy atom. The molecule has 2 aromatic carbocycles. The molecule has 4 aliphatic rings. The van der Waals surface area contributed by atoms with E-state index in [1.165, 1.54) is 0 Å². The number of carbonyl (C=O) groups excluding carboxylic acids is 3. The van der Waals surface area contributed by atoms with E-state index in [2.05, 4.69) is 0 Å². The van der Waals surface area contributed by atoms with Crippen LogP contribution in [0.2, 0.25) is 0 Å². The summed E-state index contributed by atoms with van der Waals surface area (Å²) in [4.78, 5) is 40.6. The summed E-state index contributed by atoms with van der Waals surface area (Å²) in [5.41, 5.74) is 0.945. The zero-order valence-electron chi connectivity index (χ0n) is 16.6. The Hall–Kier alpha value is -2.55. The van der Waals surface area contributed by atoms with Gasteiger partial charge in [-0.1, -0.05) is 73.5 Å². The fraction of sp³-hybridized carbons (Fsp3) is 0.423. The minimum Gasteiger partial charge on any atom is -0.299 e. The molecular weight excluding hydrogens is 360 g/mol. The van der Waals surface area contributed by atoms with Gasteiger partial charge in [0.25, 0.3) is 0 Å². The van der Waals surface area contributed by atoms with Gasteiger partial charge in [0.1, 0.15) is 5.78 Å². The highest BCUT2D eigenvalue weighted by Crippen LogP contribution is 2.64. The maximum atomic E-state index is 13.8. The lowest BCUT2D eigenvalue weighted by molar-refractivity contribution is -0.153. The Morgan fingerprint density at radius 3 is 2.10 bits per heavy atom. The van der Waals surface area contributed by atoms with E-state index in [0.29, 0.717) is 23.5 Å². The van der Waals surface area contributed by atoms with Crippen LogP contribution in [0.5, 0.6) is 0 Å². The Bertz CT molecular complexity index is 948. The fourth-order valence-electron chi connectivity index (χ4n) is 6.61. The molecule has 0 aromatic heterocycles. The second-order valence-electron chi connectivity index (χ2n) is 9.13. The summed E-state index contributed by atoms with van der Waals surface area (Å²) in [5, 5.41) is 0. The molecule has 0 heterocycles. The second-order valence-corrected chi connectivity index (χ2v) is 9.13. The standard InChI is InChI=1S/C26H26O3/c27-21-16-26-14-8-7-13-19(26)15-20(21)22(24(28)17-9-3-1-4-10-17)23(26)25(29)18-11-5-2-6-12-18/h1-6,9-12,19-20,22-23H,7-8,13-16H2/t19-,20-,22+,23+,26-/m0/s1. The van der Waals surface area contributed by atoms with Crippen LogP contribution in [0.4, 0.5) is 0 Å². The van der Waals surface area contributed by atoms with Crippen LogP contribution in [0.25, 0.3) is 0 Å². The van der Waals surface area contributed by atoms with Gasteiger partial charge in [0.2, 0.25) is 0 Å². The maximum Gasteiger partial charge on any atom is 0.167 e. The van der Waals surface area contributed by atoms with Crippen LogP contribution in [0.1, 0.15) is 59.2 Å². The van der Waals surface area contributed by atoms with Crippen LogP contribution in [0, 0.1) is 29.1 Å². The van der Waals surface area contributed by atoms with E-state index in [1.54, 1.807) is 0 Å². The summed E-state index contributed by atoms with van der Waals surface area (Å²) in [7, 11) is 0. The van der Waals surface area contributed by atoms with Crippen LogP contribution >= 0.6 is 0 Å². The summed E-state index contributed by atoms with van der Waals surface area (Å²) in [6, 6.07) is 18.6. The molecule has 6 rings (SSSR count). The molecule has 29 heavy (non-hydrogen) atoms. The number of hydrogen-bond donors (Lipinski definition) is 0. The number of hydrogen-bond acceptors (Lipinski definition) is 3. The summed E-state index contributed by atoms with van der Waals surface area (Å²) in [6.07, 6.45) is 5.42. The Balaban J connectivity index is 1.64. The quantitative estimate of drug-likeness (QED) is 0.683. The van der Waals surface area contributed by atoms with Crippen molar-refractivity contribution in [2.75, 3.05) is 0 Å². The van der Waals surface area contributed by atoms with Crippen molar-refractivity contribution in [3.8, 4) is 0 Å². The first-order chi connectivity index (χ1) is 14.1. The highest BCUT2D eigenvalue weighted by molar-refractivity contribution is 6.08. The van der Waals surface area contributed by atoms with Gasteiger partial charge in [-0.3, -0.25) is 14.4 Å². The number of Topliss-reactive ketones (excluding diaryl/α,β-unsaturated/α-hetero) is 3. The van der Waals surface area contributed by atoms with Crippen LogP contribution in [-0.2, 0) is 4.79 Å². The number of carbonyl (C=O) groups is 3. The van der Waals surface area contributed by atoms with E-state index in [-0.39, 0.29) is 34.6 Å². The van der Waals surface area contributed by atoms with Crippen LogP contribution in [0.3, 0.4) is 0 Å². The number of benzene rings is 2. The predicted molar refractivity (Wildman–Crippen MR) is 111 cm³/mol. The van der Waals surface area contributed by atoms with Gasteiger partial charge in [0.05, 0.1) is 0 Å². The fourth-order valence-corrected chi connectivity index (χ4v) is 6.61. The average Bonchev–Trinajstić information content (AvgIpc) is 2.78. The minimum atomic E-state index is -0.527. The molecule has 4 fully saturated rings. The lowest BCUT2D eigenvalue weighted by Gasteiger charge is -2.60. The van der Waals surface area contributed by atoms with Gasteiger partial charge in [-0.05, 0) is 30.6 Å². The Kier molecular flexibility index (Phi) is 4.49. The van der Waals surface area contributed by atoms with E-state index in [1.807, 2.05) is 60.7 Å². The molecule has 1 spiro atoms. The highest BCUT2D eigenvalue weighted by atomic mass is 16.1. The first kappa shape index (κ1) is 18.5. The summed E-state index contributed by atoms with van der Waals surface area (Å²) < 4.78 is 0. The lowest BCUT2D eigenvalue weighted by Crippen LogP contribution is -2.62. The molecule has 0 radical (unpaired) electrons. The van der Waals surface area contributed by atoms with E-state index < -0.39 is 5.92 Å². The smallest absolute Gasteiger partial charge is 0.167 e. The van der Waals surface area contributed by atoms with E-state index in [9.17, 15) is 14.4 Å². The normalized spacial score (nSPS) is 33.2. The van der Waals surface area contributed by atoms with Crippen LogP contribution in [-0.4, -0.2) is 17.3 Å². The van der Waals surface area contributed by atoms with Gasteiger partial charge in [-0.15, -0.1) is 0 Å². The van der Waals surface area contributed by atoms with Crippen molar-refractivity contribution >= 4 is 17.3 Å². The van der Waals surface area contributed by atoms with Crippen molar-refractivity contribution in [1.29, 1.82) is 0 Å². The molecule has 2 aromatic rings. The van der Waals surface area contributed by atoms with Crippen LogP contribution in [0.15, 0.2) is 60.7 Å². The molecule has 148 valence electrons. The summed E-state index contributed by atoms with van der Waals surface area (Å²) >= 11 is 0. The first-order valence-corrected chi connectivity index (χ1v) is 10.8. The van der Waals surface area contributed by atoms with Gasteiger partial charge in [-0.25, -0.2) is 0 Å². The Labute approximate surface area is 171 Å². The molecule has 0 amide bonds. The number of rotatable bonds is 4. The SMILES string of the molecule is O=C(c1ccccc1)[C@@H]1[C@H]2C[C@@H]3CCCC[C@@]3(CC2=O)[C@H]1C(=O)c1ccccc1. The van der Waals surface area contributed by atoms with Crippen molar-refractivity contribution in [3.63, 3.8) is 0 Å². The Morgan fingerprint density at radius 1 is 0.828 bits per heavy atom. The number of ketones is 3. The van der Waals surface area contributed by atoms with Gasteiger partial charge >= 0.3 is 0 Å². The lowest BCUT2D eigenvalue weighted by atomic mass is 9.41. The molecule has 0 unspecified atom stereocenters.